The number of hydrogen-bond donors (Lipinski definition) is 0. The Bertz CT molecular complexity index is 651. The van der Waals surface area contributed by atoms with Crippen LogP contribution >= 0.6 is 0 Å². The predicted octanol–water partition coefficient (Wildman–Crippen LogP) is 0.464. The molecule has 0 unspecified atom stereocenters. The number of rotatable bonds is 4. The molecule has 0 atom stereocenters. The number of sulfone groups is 1. The van der Waals surface area contributed by atoms with Gasteiger partial charge in [-0.2, -0.15) is 4.68 Å². The second kappa shape index (κ2) is 4.73. The van der Waals surface area contributed by atoms with Gasteiger partial charge in [0.05, 0.1) is 12.9 Å². The molecule has 0 aliphatic heterocycles. The molecule has 0 fully saturated rings. The summed E-state index contributed by atoms with van der Waals surface area (Å²) >= 11 is 0. The number of tetrazole rings is 1. The number of hydrogen-bond acceptors (Lipinski definition) is 6. The number of nitrogens with zero attached hydrogens (tertiary/aromatic N) is 4. The van der Waals surface area contributed by atoms with Gasteiger partial charge in [-0.15, -0.1) is 0 Å². The minimum absolute atomic E-state index is 0.0669. The third-order valence-electron chi connectivity index (χ3n) is 2.41. The standard InChI is InChI=1S/C10H12N4O3S/c1-3-18(15,16)10-11-12-13-14(10)8-6-4-5-7-9(8)17-2/h4-7H,3H2,1-2H3. The Morgan fingerprint density at radius 1 is 1.33 bits per heavy atom. The molecular formula is C10H12N4O3S. The van der Waals surface area contributed by atoms with Gasteiger partial charge in [-0.05, 0) is 22.6 Å². The number of ether oxygens (including phenoxy) is 1. The lowest BCUT2D eigenvalue weighted by molar-refractivity contribution is 0.410. The molecule has 0 aliphatic rings. The highest BCUT2D eigenvalue weighted by molar-refractivity contribution is 7.91. The van der Waals surface area contributed by atoms with Gasteiger partial charge in [-0.25, -0.2) is 8.42 Å². The Morgan fingerprint density at radius 3 is 2.72 bits per heavy atom. The van der Waals surface area contributed by atoms with E-state index in [0.29, 0.717) is 11.4 Å². The average molecular weight is 268 g/mol. The van der Waals surface area contributed by atoms with E-state index in [1.165, 1.54) is 14.0 Å². The molecule has 0 bridgehead atoms. The summed E-state index contributed by atoms with van der Waals surface area (Å²) in [7, 11) is -1.99. The fourth-order valence-electron chi connectivity index (χ4n) is 1.46. The third kappa shape index (κ3) is 2.06. The summed E-state index contributed by atoms with van der Waals surface area (Å²) < 4.78 is 30.0. The topological polar surface area (TPSA) is 87.0 Å². The van der Waals surface area contributed by atoms with Crippen LogP contribution in [-0.2, 0) is 9.84 Å². The molecule has 1 aromatic heterocycles. The van der Waals surface area contributed by atoms with E-state index in [9.17, 15) is 8.42 Å². The van der Waals surface area contributed by atoms with Gasteiger partial charge in [0.25, 0.3) is 5.16 Å². The maximum Gasteiger partial charge on any atom is 0.272 e. The summed E-state index contributed by atoms with van der Waals surface area (Å²) in [5.41, 5.74) is 0.483. The fourth-order valence-corrected chi connectivity index (χ4v) is 2.28. The van der Waals surface area contributed by atoms with Gasteiger partial charge < -0.3 is 4.74 Å². The molecule has 96 valence electrons. The van der Waals surface area contributed by atoms with Gasteiger partial charge >= 0.3 is 0 Å². The van der Waals surface area contributed by atoms with E-state index in [-0.39, 0.29) is 10.9 Å². The van der Waals surface area contributed by atoms with E-state index < -0.39 is 9.84 Å². The van der Waals surface area contributed by atoms with Crippen molar-refractivity contribution in [1.82, 2.24) is 20.2 Å². The van der Waals surface area contributed by atoms with E-state index >= 15 is 0 Å². The first kappa shape index (κ1) is 12.5. The molecule has 1 aromatic carbocycles. The summed E-state index contributed by atoms with van der Waals surface area (Å²) in [6.07, 6.45) is 0. The lowest BCUT2D eigenvalue weighted by atomic mass is 10.3. The molecule has 0 aliphatic carbocycles. The van der Waals surface area contributed by atoms with Crippen molar-refractivity contribution in [3.8, 4) is 11.4 Å². The molecule has 2 rings (SSSR count). The molecule has 0 radical (unpaired) electrons. The molecule has 18 heavy (non-hydrogen) atoms. The van der Waals surface area contributed by atoms with E-state index in [2.05, 4.69) is 15.5 Å². The van der Waals surface area contributed by atoms with Gasteiger partial charge in [-0.3, -0.25) is 0 Å². The third-order valence-corrected chi connectivity index (χ3v) is 3.98. The lowest BCUT2D eigenvalue weighted by Gasteiger charge is -2.08. The average Bonchev–Trinajstić information content (AvgIpc) is 2.88. The molecule has 0 saturated heterocycles. The van der Waals surface area contributed by atoms with E-state index in [0.717, 1.165) is 4.68 Å². The van der Waals surface area contributed by atoms with Crippen molar-refractivity contribution >= 4 is 9.84 Å². The van der Waals surface area contributed by atoms with Gasteiger partial charge in [-0.1, -0.05) is 24.2 Å². The molecule has 0 amide bonds. The van der Waals surface area contributed by atoms with Crippen molar-refractivity contribution < 1.29 is 13.2 Å². The van der Waals surface area contributed by atoms with Gasteiger partial charge in [0, 0.05) is 0 Å². The van der Waals surface area contributed by atoms with Crippen LogP contribution in [0.5, 0.6) is 5.75 Å². The Balaban J connectivity index is 2.63. The van der Waals surface area contributed by atoms with Crippen molar-refractivity contribution in [2.24, 2.45) is 0 Å². The van der Waals surface area contributed by atoms with Crippen LogP contribution in [0.25, 0.3) is 5.69 Å². The summed E-state index contributed by atoms with van der Waals surface area (Å²) in [6.45, 7) is 1.54. The molecule has 0 spiro atoms. The zero-order valence-electron chi connectivity index (χ0n) is 9.94. The van der Waals surface area contributed by atoms with Crippen molar-refractivity contribution in [3.05, 3.63) is 24.3 Å². The molecular weight excluding hydrogens is 256 g/mol. The van der Waals surface area contributed by atoms with Crippen LogP contribution in [-0.4, -0.2) is 41.5 Å². The smallest absolute Gasteiger partial charge is 0.272 e. The molecule has 7 nitrogen and oxygen atoms in total. The number of benzene rings is 1. The van der Waals surface area contributed by atoms with Crippen molar-refractivity contribution in [3.63, 3.8) is 0 Å². The van der Waals surface area contributed by atoms with Crippen molar-refractivity contribution in [2.75, 3.05) is 12.9 Å². The monoisotopic (exact) mass is 268 g/mol. The Hall–Kier alpha value is -1.96. The number of para-hydroxylation sites is 2. The highest BCUT2D eigenvalue weighted by Crippen LogP contribution is 2.23. The molecule has 8 heteroatoms. The summed E-state index contributed by atoms with van der Waals surface area (Å²) in [5, 5.41) is 10.5. The lowest BCUT2D eigenvalue weighted by Crippen LogP contribution is -2.13. The Labute approximate surface area is 104 Å². The zero-order chi connectivity index (χ0) is 13.2. The van der Waals surface area contributed by atoms with E-state index in [1.807, 2.05) is 0 Å². The largest absolute Gasteiger partial charge is 0.494 e. The van der Waals surface area contributed by atoms with Crippen LogP contribution < -0.4 is 4.74 Å². The maximum atomic E-state index is 11.9. The van der Waals surface area contributed by atoms with Crippen LogP contribution in [0.3, 0.4) is 0 Å². The minimum Gasteiger partial charge on any atom is -0.494 e. The first-order valence-electron chi connectivity index (χ1n) is 5.24. The van der Waals surface area contributed by atoms with E-state index in [1.54, 1.807) is 24.3 Å². The quantitative estimate of drug-likeness (QED) is 0.800. The van der Waals surface area contributed by atoms with Gasteiger partial charge in [0.2, 0.25) is 9.84 Å². The summed E-state index contributed by atoms with van der Waals surface area (Å²) in [4.78, 5) is 0. The van der Waals surface area contributed by atoms with Crippen LogP contribution in [0.15, 0.2) is 29.4 Å². The molecule has 0 N–H and O–H groups in total. The highest BCUT2D eigenvalue weighted by atomic mass is 32.2. The Kier molecular flexibility index (Phi) is 3.28. The maximum absolute atomic E-state index is 11.9. The first-order chi connectivity index (χ1) is 8.60. The van der Waals surface area contributed by atoms with Crippen LogP contribution in [0.1, 0.15) is 6.92 Å². The van der Waals surface area contributed by atoms with Crippen LogP contribution in [0.4, 0.5) is 0 Å². The number of aromatic nitrogens is 4. The van der Waals surface area contributed by atoms with Crippen LogP contribution in [0, 0.1) is 0 Å². The number of methoxy groups -OCH3 is 1. The fraction of sp³-hybridized carbons (Fsp3) is 0.300. The minimum atomic E-state index is -3.49. The zero-order valence-corrected chi connectivity index (χ0v) is 10.8. The van der Waals surface area contributed by atoms with Crippen molar-refractivity contribution in [2.45, 2.75) is 12.1 Å². The molecule has 2 aromatic rings. The normalized spacial score (nSPS) is 11.4. The van der Waals surface area contributed by atoms with E-state index in [4.69, 9.17) is 4.74 Å². The van der Waals surface area contributed by atoms with Gasteiger partial charge in [0.1, 0.15) is 11.4 Å². The van der Waals surface area contributed by atoms with Crippen LogP contribution in [0.2, 0.25) is 0 Å². The second-order valence-electron chi connectivity index (χ2n) is 3.45. The summed E-state index contributed by atoms with van der Waals surface area (Å²) in [6, 6.07) is 6.92. The Morgan fingerprint density at radius 2 is 2.06 bits per heavy atom. The second-order valence-corrected chi connectivity index (χ2v) is 5.62. The molecule has 0 saturated carbocycles. The SMILES string of the molecule is CCS(=O)(=O)c1nnnn1-c1ccccc1OC. The highest BCUT2D eigenvalue weighted by Gasteiger charge is 2.23. The van der Waals surface area contributed by atoms with Crippen molar-refractivity contribution in [1.29, 1.82) is 0 Å². The summed E-state index contributed by atoms with van der Waals surface area (Å²) in [5.74, 6) is 0.431. The van der Waals surface area contributed by atoms with Gasteiger partial charge in [0.15, 0.2) is 0 Å². The molecule has 1 heterocycles. The first-order valence-corrected chi connectivity index (χ1v) is 6.90. The predicted molar refractivity (Wildman–Crippen MR) is 63.4 cm³/mol.